The van der Waals surface area contributed by atoms with Crippen molar-refractivity contribution in [2.45, 2.75) is 12.5 Å². The summed E-state index contributed by atoms with van der Waals surface area (Å²) in [7, 11) is 0. The summed E-state index contributed by atoms with van der Waals surface area (Å²) in [5, 5.41) is 0. The number of pyridine rings is 1. The van der Waals surface area contributed by atoms with Crippen LogP contribution in [0.5, 0.6) is 0 Å². The van der Waals surface area contributed by atoms with E-state index in [1.54, 1.807) is 17.0 Å². The molecule has 1 amide bonds. The van der Waals surface area contributed by atoms with E-state index in [0.717, 1.165) is 12.0 Å². The minimum atomic E-state index is -0.328. The van der Waals surface area contributed by atoms with Crippen LogP contribution in [0.1, 0.15) is 28.4 Å². The Morgan fingerprint density at radius 2 is 1.95 bits per heavy atom. The van der Waals surface area contributed by atoms with Gasteiger partial charge in [0.1, 0.15) is 5.56 Å². The fraction of sp³-hybridized carbons (Fsp3) is 0.200. The van der Waals surface area contributed by atoms with Crippen LogP contribution in [0.4, 0.5) is 0 Å². The van der Waals surface area contributed by atoms with Crippen molar-refractivity contribution in [1.82, 2.24) is 9.88 Å². The quantitative estimate of drug-likeness (QED) is 0.890. The van der Waals surface area contributed by atoms with Crippen LogP contribution in [-0.4, -0.2) is 22.3 Å². The molecule has 4 nitrogen and oxygen atoms in total. The predicted molar refractivity (Wildman–Crippen MR) is 71.9 cm³/mol. The van der Waals surface area contributed by atoms with Crippen molar-refractivity contribution in [3.05, 3.63) is 70.1 Å². The molecule has 2 aromatic rings. The Labute approximate surface area is 110 Å². The molecule has 1 aromatic carbocycles. The molecule has 1 aliphatic rings. The highest BCUT2D eigenvalue weighted by atomic mass is 16.2. The molecule has 1 atom stereocenters. The second-order valence-corrected chi connectivity index (χ2v) is 4.63. The van der Waals surface area contributed by atoms with E-state index in [9.17, 15) is 9.59 Å². The number of aromatic nitrogens is 1. The number of carbonyl (C=O) groups excluding carboxylic acids is 1. The second-order valence-electron chi connectivity index (χ2n) is 4.63. The van der Waals surface area contributed by atoms with Gasteiger partial charge in [-0.25, -0.2) is 0 Å². The number of rotatable bonds is 2. The molecule has 1 aromatic heterocycles. The number of likely N-dealkylation sites (tertiary alicyclic amines) is 1. The van der Waals surface area contributed by atoms with E-state index in [1.165, 1.54) is 6.20 Å². The second kappa shape index (κ2) is 4.72. The number of amides is 1. The molecular weight excluding hydrogens is 240 g/mol. The molecule has 96 valence electrons. The van der Waals surface area contributed by atoms with Crippen LogP contribution in [0.2, 0.25) is 0 Å². The smallest absolute Gasteiger partial charge is 0.260 e. The maximum atomic E-state index is 12.3. The highest BCUT2D eigenvalue weighted by Gasteiger charge is 2.34. The first-order valence-corrected chi connectivity index (χ1v) is 6.31. The van der Waals surface area contributed by atoms with E-state index in [-0.39, 0.29) is 23.1 Å². The lowest BCUT2D eigenvalue weighted by molar-refractivity contribution is 0.0458. The van der Waals surface area contributed by atoms with E-state index in [4.69, 9.17) is 0 Å². The number of hydrogen-bond acceptors (Lipinski definition) is 2. The molecule has 3 rings (SSSR count). The fourth-order valence-corrected chi connectivity index (χ4v) is 2.40. The van der Waals surface area contributed by atoms with Crippen LogP contribution < -0.4 is 5.56 Å². The van der Waals surface area contributed by atoms with Crippen LogP contribution in [0.25, 0.3) is 0 Å². The van der Waals surface area contributed by atoms with Gasteiger partial charge in [0.2, 0.25) is 0 Å². The minimum Gasteiger partial charge on any atom is -0.331 e. The molecule has 1 saturated heterocycles. The van der Waals surface area contributed by atoms with Gasteiger partial charge in [-0.2, -0.15) is 0 Å². The topological polar surface area (TPSA) is 53.2 Å². The number of benzene rings is 1. The summed E-state index contributed by atoms with van der Waals surface area (Å²) >= 11 is 0. The lowest BCUT2D eigenvalue weighted by atomic mass is 9.94. The van der Waals surface area contributed by atoms with Gasteiger partial charge < -0.3 is 9.88 Å². The summed E-state index contributed by atoms with van der Waals surface area (Å²) < 4.78 is 0. The van der Waals surface area contributed by atoms with Gasteiger partial charge >= 0.3 is 0 Å². The van der Waals surface area contributed by atoms with Crippen LogP contribution in [-0.2, 0) is 0 Å². The van der Waals surface area contributed by atoms with Gasteiger partial charge in [0.15, 0.2) is 0 Å². The van der Waals surface area contributed by atoms with Gasteiger partial charge in [0, 0.05) is 12.7 Å². The Hall–Kier alpha value is -2.36. The first-order chi connectivity index (χ1) is 9.27. The highest BCUT2D eigenvalue weighted by molar-refractivity contribution is 5.94. The average Bonchev–Trinajstić information content (AvgIpc) is 2.39. The SMILES string of the molecule is O=C(c1ccc[nH]c1=O)N1CC[C@H]1c1ccccc1. The number of nitrogens with zero attached hydrogens (tertiary/aromatic N) is 1. The molecule has 0 radical (unpaired) electrons. The predicted octanol–water partition coefficient (Wildman–Crippen LogP) is 1.96. The molecule has 0 bridgehead atoms. The summed E-state index contributed by atoms with van der Waals surface area (Å²) in [6, 6.07) is 13.2. The van der Waals surface area contributed by atoms with Crippen LogP contribution in [0.3, 0.4) is 0 Å². The van der Waals surface area contributed by atoms with Gasteiger partial charge in [-0.3, -0.25) is 9.59 Å². The van der Waals surface area contributed by atoms with Crippen LogP contribution in [0.15, 0.2) is 53.5 Å². The van der Waals surface area contributed by atoms with Crippen molar-refractivity contribution in [2.75, 3.05) is 6.54 Å². The molecule has 1 fully saturated rings. The van der Waals surface area contributed by atoms with Gasteiger partial charge in [0.05, 0.1) is 6.04 Å². The molecule has 19 heavy (non-hydrogen) atoms. The standard InChI is InChI=1S/C15H14N2O2/c18-14-12(7-4-9-16-14)15(19)17-10-8-13(17)11-5-2-1-3-6-11/h1-7,9,13H,8,10H2,(H,16,18)/t13-/m0/s1. The Morgan fingerprint density at radius 1 is 1.16 bits per heavy atom. The van der Waals surface area contributed by atoms with Crippen molar-refractivity contribution in [3.8, 4) is 0 Å². The number of aromatic amines is 1. The number of nitrogens with one attached hydrogen (secondary N) is 1. The number of carbonyl (C=O) groups is 1. The third-order valence-electron chi connectivity index (χ3n) is 3.51. The van der Waals surface area contributed by atoms with Crippen LogP contribution >= 0.6 is 0 Å². The zero-order valence-corrected chi connectivity index (χ0v) is 10.4. The van der Waals surface area contributed by atoms with Crippen molar-refractivity contribution < 1.29 is 4.79 Å². The van der Waals surface area contributed by atoms with E-state index in [1.807, 2.05) is 30.3 Å². The normalized spacial score (nSPS) is 17.9. The minimum absolute atomic E-state index is 0.0910. The van der Waals surface area contributed by atoms with Gasteiger partial charge in [-0.05, 0) is 24.1 Å². The first kappa shape index (κ1) is 11.7. The molecule has 0 unspecified atom stereocenters. The Bertz CT molecular complexity index is 648. The van der Waals surface area contributed by atoms with E-state index < -0.39 is 0 Å². The average molecular weight is 254 g/mol. The lowest BCUT2D eigenvalue weighted by Crippen LogP contribution is -2.46. The molecule has 0 aliphatic carbocycles. The summed E-state index contributed by atoms with van der Waals surface area (Å²) in [6.45, 7) is 0.701. The monoisotopic (exact) mass is 254 g/mol. The molecule has 1 aliphatic heterocycles. The molecule has 4 heteroatoms. The molecule has 2 heterocycles. The maximum absolute atomic E-state index is 12.3. The summed E-state index contributed by atoms with van der Waals surface area (Å²) in [5.41, 5.74) is 1.00. The zero-order chi connectivity index (χ0) is 13.2. The lowest BCUT2D eigenvalue weighted by Gasteiger charge is -2.41. The van der Waals surface area contributed by atoms with Crippen molar-refractivity contribution in [3.63, 3.8) is 0 Å². The largest absolute Gasteiger partial charge is 0.331 e. The van der Waals surface area contributed by atoms with Crippen molar-refractivity contribution in [1.29, 1.82) is 0 Å². The number of hydrogen-bond donors (Lipinski definition) is 1. The Morgan fingerprint density at radius 3 is 2.58 bits per heavy atom. The Balaban J connectivity index is 1.86. The summed E-state index contributed by atoms with van der Waals surface area (Å²) in [6.07, 6.45) is 2.48. The van der Waals surface area contributed by atoms with E-state index >= 15 is 0 Å². The highest BCUT2D eigenvalue weighted by Crippen LogP contribution is 2.33. The van der Waals surface area contributed by atoms with E-state index in [2.05, 4.69) is 4.98 Å². The zero-order valence-electron chi connectivity index (χ0n) is 10.4. The molecule has 1 N–H and O–H groups in total. The fourth-order valence-electron chi connectivity index (χ4n) is 2.40. The molecular formula is C15H14N2O2. The molecule has 0 saturated carbocycles. The molecule has 0 spiro atoms. The van der Waals surface area contributed by atoms with E-state index in [0.29, 0.717) is 6.54 Å². The summed E-state index contributed by atoms with van der Waals surface area (Å²) in [4.78, 5) is 28.3. The van der Waals surface area contributed by atoms with Gasteiger partial charge in [-0.15, -0.1) is 0 Å². The maximum Gasteiger partial charge on any atom is 0.260 e. The third kappa shape index (κ3) is 2.05. The van der Waals surface area contributed by atoms with Crippen LogP contribution in [0, 0.1) is 0 Å². The summed E-state index contributed by atoms with van der Waals surface area (Å²) in [5.74, 6) is -0.193. The first-order valence-electron chi connectivity index (χ1n) is 6.31. The number of H-pyrrole nitrogens is 1. The third-order valence-corrected chi connectivity index (χ3v) is 3.51. The van der Waals surface area contributed by atoms with Gasteiger partial charge in [0.25, 0.3) is 11.5 Å². The Kier molecular flexibility index (Phi) is 2.91. The van der Waals surface area contributed by atoms with Crippen molar-refractivity contribution >= 4 is 5.91 Å². The van der Waals surface area contributed by atoms with Crippen molar-refractivity contribution in [2.24, 2.45) is 0 Å². The van der Waals surface area contributed by atoms with Gasteiger partial charge in [-0.1, -0.05) is 30.3 Å².